The lowest BCUT2D eigenvalue weighted by Gasteiger charge is -2.32. The van der Waals surface area contributed by atoms with Crippen LogP contribution in [-0.2, 0) is 9.31 Å². The molecule has 1 unspecified atom stereocenters. The van der Waals surface area contributed by atoms with E-state index < -0.39 is 0 Å². The Hall–Kier alpha value is -15.7. The second kappa shape index (κ2) is 45.7. The zero-order valence-corrected chi connectivity index (χ0v) is 85.1. The molecule has 0 spiro atoms. The monoisotopic (exact) mass is 2120 g/mol. The minimum atomic E-state index is -0.362. The minimum Gasteiger partial charge on any atom is -0.399 e. The van der Waals surface area contributed by atoms with Crippen LogP contribution in [0.5, 0.6) is 0 Å². The number of hydrogen-bond acceptors (Lipinski definition) is 11. The van der Waals surface area contributed by atoms with Gasteiger partial charge in [0.15, 0.2) is 5.78 Å². The maximum atomic E-state index is 12.2. The number of carbonyl (C=O) groups is 1. The lowest BCUT2D eigenvalue weighted by Crippen LogP contribution is -2.41. The summed E-state index contributed by atoms with van der Waals surface area (Å²) < 4.78 is 23.1. The Bertz CT molecular complexity index is 8100. The van der Waals surface area contributed by atoms with Gasteiger partial charge in [-0.1, -0.05) is 418 Å². The van der Waals surface area contributed by atoms with Gasteiger partial charge in [0.05, 0.1) is 68.1 Å². The largest absolute Gasteiger partial charge is 0.494 e. The summed E-state index contributed by atoms with van der Waals surface area (Å²) >= 11 is 21.9. The predicted molar refractivity (Wildman–Crippen MR) is 607 cm³/mol. The molecule has 11 aromatic heterocycles. The van der Waals surface area contributed by atoms with Gasteiger partial charge < -0.3 is 15.0 Å². The number of aromatic nitrogens is 11. The highest BCUT2D eigenvalue weighted by atomic mass is 79.9. The van der Waals surface area contributed by atoms with E-state index in [9.17, 15) is 4.79 Å². The zero-order valence-electron chi connectivity index (χ0n) is 78.9. The lowest BCUT2D eigenvalue weighted by atomic mass is 9.78. The van der Waals surface area contributed by atoms with Crippen LogP contribution in [0.25, 0.3) is 157 Å². The molecule has 21 heteroatoms. The fourth-order valence-corrected chi connectivity index (χ4v) is 18.6. The van der Waals surface area contributed by atoms with E-state index in [1.165, 1.54) is 5.56 Å². The van der Waals surface area contributed by atoms with Crippen molar-refractivity contribution in [3.05, 3.63) is 510 Å². The van der Waals surface area contributed by atoms with Crippen LogP contribution < -0.4 is 11.2 Å². The average Bonchev–Trinajstić information content (AvgIpc) is 1.65. The van der Waals surface area contributed by atoms with Crippen LogP contribution in [-0.4, -0.2) is 76.6 Å². The molecule has 710 valence electrons. The molecule has 1 saturated heterocycles. The quantitative estimate of drug-likeness (QED) is 0.0423. The van der Waals surface area contributed by atoms with Crippen molar-refractivity contribution in [2.75, 3.05) is 5.73 Å². The van der Waals surface area contributed by atoms with Crippen molar-refractivity contribution in [3.63, 3.8) is 0 Å². The zero-order chi connectivity index (χ0) is 99.1. The lowest BCUT2D eigenvalue weighted by molar-refractivity contribution is 0.00578. The Labute approximate surface area is 879 Å². The maximum absolute atomic E-state index is 12.2. The summed E-state index contributed by atoms with van der Waals surface area (Å²) in [6.45, 7) is 8.29. The number of nitrogens with zero attached hydrogens (tertiary/aromatic N) is 11. The van der Waals surface area contributed by atoms with Gasteiger partial charge >= 0.3 is 7.12 Å². The molecule has 0 aliphatic carbocycles. The van der Waals surface area contributed by atoms with Gasteiger partial charge in [0, 0.05) is 101 Å². The molecule has 2 N–H and O–H groups in total. The number of hydrogen-bond donors (Lipinski definition) is 1. The van der Waals surface area contributed by atoms with E-state index in [4.69, 9.17) is 63.2 Å². The number of nitrogens with two attached hydrogens (primary N) is 1. The molecule has 1 atom stereocenters. The number of imidazole rings is 4. The minimum absolute atomic E-state index is 0. The first-order valence-electron chi connectivity index (χ1n) is 46.9. The first-order valence-corrected chi connectivity index (χ1v) is 50.2. The maximum Gasteiger partial charge on any atom is 0.494 e. The van der Waals surface area contributed by atoms with E-state index in [1.54, 1.807) is 24.4 Å². The Morgan fingerprint density at radius 3 is 0.910 bits per heavy atom. The summed E-state index contributed by atoms with van der Waals surface area (Å²) in [6.07, 6.45) is 9.94. The van der Waals surface area contributed by atoms with E-state index in [0.717, 1.165) is 172 Å². The number of ketones is 1. The van der Waals surface area contributed by atoms with Crippen molar-refractivity contribution in [3.8, 4) is 135 Å². The first-order chi connectivity index (χ1) is 70.3. The number of nitrogen functional groups attached to an aromatic ring is 1. The average molecular weight is 2130 g/mol. The van der Waals surface area contributed by atoms with Gasteiger partial charge in [0.25, 0.3) is 0 Å². The van der Waals surface area contributed by atoms with E-state index in [2.05, 4.69) is 364 Å². The van der Waals surface area contributed by atoms with Crippen LogP contribution in [0.15, 0.2) is 489 Å². The number of fused-ring (bicyclic) bond motifs is 4. The van der Waals surface area contributed by atoms with E-state index in [0.29, 0.717) is 21.7 Å². The summed E-state index contributed by atoms with van der Waals surface area (Å²) in [6, 6.07) is 151. The van der Waals surface area contributed by atoms with Crippen LogP contribution in [0.2, 0.25) is 10.3 Å². The standard InChI is InChI=1S/C49H33N5.C25H25BN2O2.C19H13BrN2.C14H10Br2O.C11H7Cl2N.C5H6N2.CH4/c1-4-14-34(15-5-1)41-32-42(35-22-26-37(27-23-35)46-48(39-16-6-2-7-17-39)53-30-12-10-20-44(53)51-46)50-43(33-41)36-24-28-38(29-25-36)47-49(40-18-8-3-9-19-40)54-31-13-11-21-45(54)52-47;1-24(2)25(3,4)30-26(29-24)20-15-13-18(14-16-20)22-23(19-10-6-5-7-11-19)28-17-9-8-12-21(28)27-22;20-16-11-9-14(10-12-16)18-19(15-6-2-1-3-7-15)22-13-5-4-8-17(22)21-18;15-12-8-6-11(7-9-12)14(17)13(16)10-4-2-1-3-5-10;12-10-6-9(7-11(13)14-10)8-4-2-1-3-5-8;6-5-3-1-2-4-7-5;/h1-33H;5-17H,1-4H3;1-13H;1-9,13H;1-7H;1-4H,(H2,6,7);1H4. The van der Waals surface area contributed by atoms with Crippen molar-refractivity contribution in [1.82, 2.24) is 52.5 Å². The van der Waals surface area contributed by atoms with E-state index in [-0.39, 0.29) is 36.4 Å². The van der Waals surface area contributed by atoms with Crippen molar-refractivity contribution in [2.45, 2.75) is 51.2 Å². The van der Waals surface area contributed by atoms with Crippen LogP contribution in [0.4, 0.5) is 5.82 Å². The van der Waals surface area contributed by atoms with Gasteiger partial charge in [-0.2, -0.15) is 0 Å². The molecule has 1 aliphatic heterocycles. The van der Waals surface area contributed by atoms with Gasteiger partial charge in [-0.15, -0.1) is 0 Å². The van der Waals surface area contributed by atoms with Crippen molar-refractivity contribution in [1.29, 1.82) is 0 Å². The Morgan fingerprint density at radius 2 is 0.593 bits per heavy atom. The molecule has 15 nitrogen and oxygen atoms in total. The number of Topliss-reactive ketones (excluding diaryl/α,β-unsaturated/α-hetero) is 1. The van der Waals surface area contributed by atoms with Crippen LogP contribution >= 0.6 is 71.0 Å². The summed E-state index contributed by atoms with van der Waals surface area (Å²) in [7, 11) is -0.362. The summed E-state index contributed by atoms with van der Waals surface area (Å²) in [4.78, 5) is 44.7. The molecule has 0 radical (unpaired) electrons. The highest BCUT2D eigenvalue weighted by Crippen LogP contribution is 2.43. The second-order valence-electron chi connectivity index (χ2n) is 35.0. The number of rotatable bonds is 16. The SMILES string of the molecule is Brc1ccc(-c2nc3ccccn3c2-c2ccccc2)cc1.C.CC1(C)OB(c2ccc(-c3nc4ccccn4c3-c3ccccc3)cc2)OC1(C)C.Clc1cc(-c2ccccc2)cc(Cl)n1.Nc1ccccn1.O=C(c1ccc(Br)cc1)C(Br)c1ccccc1.c1ccc(-c2cc(-c3ccc(-c4nc5ccccn5c4-c4ccccc4)cc3)nc(-c3ccc(-c4nc5ccccn5c4-c4ccccc4)cc3)c2)cc1. The Balaban J connectivity index is 0.000000128. The number of benzene rings is 12. The molecule has 0 saturated carbocycles. The molecule has 12 heterocycles. The van der Waals surface area contributed by atoms with Gasteiger partial charge in [-0.25, -0.2) is 34.9 Å². The molecule has 23 aromatic rings. The molecule has 145 heavy (non-hydrogen) atoms. The van der Waals surface area contributed by atoms with Gasteiger partial charge in [-0.3, -0.25) is 22.4 Å². The van der Waals surface area contributed by atoms with E-state index in [1.807, 2.05) is 194 Å². The third-order valence-electron chi connectivity index (χ3n) is 25.0. The van der Waals surface area contributed by atoms with Crippen molar-refractivity contribution < 1.29 is 14.1 Å². The topological polar surface area (TPSA) is 169 Å². The van der Waals surface area contributed by atoms with E-state index >= 15 is 0 Å². The van der Waals surface area contributed by atoms with Crippen LogP contribution in [0.3, 0.4) is 0 Å². The number of pyridine rings is 7. The second-order valence-corrected chi connectivity index (χ2v) is 38.6. The molecule has 12 aromatic carbocycles. The van der Waals surface area contributed by atoms with Gasteiger partial charge in [-0.05, 0) is 170 Å². The van der Waals surface area contributed by atoms with Gasteiger partial charge in [0.1, 0.15) is 43.5 Å². The molecule has 1 aliphatic rings. The molecule has 0 bridgehead atoms. The summed E-state index contributed by atoms with van der Waals surface area (Å²) in [5.74, 6) is 0.645. The molecule has 24 rings (SSSR count). The van der Waals surface area contributed by atoms with Gasteiger partial charge in [0.2, 0.25) is 0 Å². The first kappa shape index (κ1) is 99.5. The van der Waals surface area contributed by atoms with Crippen LogP contribution in [0.1, 0.15) is 55.9 Å². The fourth-order valence-electron chi connectivity index (χ4n) is 17.1. The number of carbonyl (C=O) groups excluding carboxylic acids is 1. The summed E-state index contributed by atoms with van der Waals surface area (Å²) in [5.41, 5.74) is 36.3. The Kier molecular flexibility index (Phi) is 31.4. The summed E-state index contributed by atoms with van der Waals surface area (Å²) in [5, 5.41) is 0.827. The number of halogens is 5. The number of anilines is 1. The van der Waals surface area contributed by atoms with Crippen LogP contribution in [0, 0.1) is 0 Å². The smallest absolute Gasteiger partial charge is 0.399 e. The highest BCUT2D eigenvalue weighted by Gasteiger charge is 2.52. The van der Waals surface area contributed by atoms with Crippen molar-refractivity contribution >= 4 is 118 Å². The fraction of sp³-hybridized carbons (Fsp3) is 0.0645. The third kappa shape index (κ3) is 23.2. The normalized spacial score (nSPS) is 12.3. The molecule has 1 fully saturated rings. The number of alkyl halides is 1. The molecular weight excluding hydrogens is 2030 g/mol. The van der Waals surface area contributed by atoms with Crippen molar-refractivity contribution in [2.24, 2.45) is 0 Å². The third-order valence-corrected chi connectivity index (χ3v) is 27.4. The highest BCUT2D eigenvalue weighted by molar-refractivity contribution is 9.10. The predicted octanol–water partition coefficient (Wildman–Crippen LogP) is 32.6. The molecule has 0 amide bonds. The molecular formula is C124H98BBr3Cl2N12O3. The Morgan fingerprint density at radius 1 is 0.310 bits per heavy atom.